The van der Waals surface area contributed by atoms with Crippen LogP contribution in [0.2, 0.25) is 0 Å². The molecule has 1 aliphatic heterocycles. The molecule has 3 aromatic rings. The molecule has 5 N–H and O–H groups in total. The van der Waals surface area contributed by atoms with E-state index in [0.29, 0.717) is 10.4 Å². The number of hydrogen-bond donors (Lipinski definition) is 4. The minimum absolute atomic E-state index is 0.000713. The molecule has 13 heteroatoms. The summed E-state index contributed by atoms with van der Waals surface area (Å²) in [6.45, 7) is 6.74. The summed E-state index contributed by atoms with van der Waals surface area (Å²) in [6.07, 6.45) is -5.99. The van der Waals surface area contributed by atoms with Crippen LogP contribution >= 0.6 is 11.3 Å². The zero-order valence-corrected chi connectivity index (χ0v) is 22.1. The number of thiophene rings is 1. The molecule has 1 aromatic carbocycles. The molecular weight excluding hydrogens is 520 g/mol. The van der Waals surface area contributed by atoms with Crippen LogP contribution in [0, 0.1) is 13.8 Å². The molecule has 3 heterocycles. The van der Waals surface area contributed by atoms with Crippen LogP contribution in [-0.4, -0.2) is 59.5 Å². The quantitative estimate of drug-likeness (QED) is 0.335. The standard InChI is InChI=1S/C25H28N2O10S/c1-10-6-9-14(38-10)21(30)27-15-16(28)12-7-8-13(11(2)18(12)35-22(15)31)34-23-17(29)19(36-24(26)32)20(33-5)25(3,4)37-23/h6-9,17,19-20,23,28-29H,1-5H3,(H2,26,32)(H,27,30)/t17-,19+,20-,23-/m1/s1. The van der Waals surface area contributed by atoms with Crippen LogP contribution in [0.15, 0.2) is 33.5 Å². The van der Waals surface area contributed by atoms with Gasteiger partial charge in [0.2, 0.25) is 6.29 Å². The van der Waals surface area contributed by atoms with Crippen LogP contribution in [0.5, 0.6) is 11.5 Å². The first kappa shape index (κ1) is 27.4. The largest absolute Gasteiger partial charge is 0.505 e. The predicted octanol–water partition coefficient (Wildman–Crippen LogP) is 2.78. The lowest BCUT2D eigenvalue weighted by molar-refractivity contribution is -0.304. The Labute approximate surface area is 220 Å². The lowest BCUT2D eigenvalue weighted by atomic mass is 9.89. The first-order valence-electron chi connectivity index (χ1n) is 11.5. The van der Waals surface area contributed by atoms with E-state index in [1.165, 1.54) is 30.6 Å². The third-order valence-electron chi connectivity index (χ3n) is 6.22. The van der Waals surface area contributed by atoms with E-state index in [0.717, 1.165) is 4.88 Å². The first-order chi connectivity index (χ1) is 17.8. The van der Waals surface area contributed by atoms with Gasteiger partial charge in [0.25, 0.3) is 5.91 Å². The number of aromatic hydroxyl groups is 1. The number of anilines is 1. The number of amides is 2. The van der Waals surface area contributed by atoms with Crippen LogP contribution < -0.4 is 21.4 Å². The second-order valence-electron chi connectivity index (χ2n) is 9.30. The molecule has 204 valence electrons. The molecule has 0 radical (unpaired) electrons. The molecule has 0 aliphatic carbocycles. The van der Waals surface area contributed by atoms with Gasteiger partial charge in [-0.3, -0.25) is 4.79 Å². The summed E-state index contributed by atoms with van der Waals surface area (Å²) < 4.78 is 27.7. The predicted molar refractivity (Wildman–Crippen MR) is 137 cm³/mol. The molecule has 4 atom stereocenters. The number of carbonyl (C=O) groups is 2. The summed E-state index contributed by atoms with van der Waals surface area (Å²) in [5, 5.41) is 24.2. The van der Waals surface area contributed by atoms with Gasteiger partial charge in [-0.05, 0) is 52.0 Å². The number of aliphatic hydroxyl groups is 1. The number of ether oxygens (including phenoxy) is 4. The minimum atomic E-state index is -1.49. The topological polar surface area (TPSA) is 180 Å². The number of methoxy groups -OCH3 is 1. The van der Waals surface area contributed by atoms with E-state index in [1.807, 2.05) is 6.92 Å². The number of aliphatic hydroxyl groups excluding tert-OH is 1. The molecule has 38 heavy (non-hydrogen) atoms. The molecule has 0 spiro atoms. The Hall–Kier alpha value is -3.65. The summed E-state index contributed by atoms with van der Waals surface area (Å²) in [5.41, 5.74) is 3.05. The number of nitrogens with two attached hydrogens (primary N) is 1. The van der Waals surface area contributed by atoms with Crippen molar-refractivity contribution < 1.29 is 43.2 Å². The van der Waals surface area contributed by atoms with Crippen LogP contribution in [0.3, 0.4) is 0 Å². The van der Waals surface area contributed by atoms with E-state index >= 15 is 0 Å². The molecule has 1 fully saturated rings. The molecule has 12 nitrogen and oxygen atoms in total. The number of primary amides is 1. The Morgan fingerprint density at radius 1 is 1.18 bits per heavy atom. The Balaban J connectivity index is 1.66. The Bertz CT molecular complexity index is 1450. The maximum atomic E-state index is 12.7. The summed E-state index contributed by atoms with van der Waals surface area (Å²) >= 11 is 1.24. The Morgan fingerprint density at radius 3 is 2.50 bits per heavy atom. The smallest absolute Gasteiger partial charge is 0.404 e. The fraction of sp³-hybridized carbons (Fsp3) is 0.400. The number of benzene rings is 1. The zero-order chi connectivity index (χ0) is 27.9. The van der Waals surface area contributed by atoms with Gasteiger partial charge < -0.3 is 44.6 Å². The van der Waals surface area contributed by atoms with Crippen LogP contribution in [0.1, 0.15) is 34.0 Å². The van der Waals surface area contributed by atoms with Gasteiger partial charge in [-0.25, -0.2) is 9.59 Å². The molecule has 0 unspecified atom stereocenters. The van der Waals surface area contributed by atoms with Crippen molar-refractivity contribution in [3.05, 3.63) is 50.0 Å². The van der Waals surface area contributed by atoms with Crippen LogP contribution in [0.25, 0.3) is 11.0 Å². The molecule has 0 bridgehead atoms. The second-order valence-corrected chi connectivity index (χ2v) is 10.6. The van der Waals surface area contributed by atoms with Gasteiger partial charge in [0.15, 0.2) is 23.6 Å². The molecule has 1 aliphatic rings. The van der Waals surface area contributed by atoms with Crippen molar-refractivity contribution in [2.75, 3.05) is 12.4 Å². The van der Waals surface area contributed by atoms with E-state index in [1.54, 1.807) is 32.9 Å². The first-order valence-corrected chi connectivity index (χ1v) is 12.3. The fourth-order valence-electron chi connectivity index (χ4n) is 4.40. The molecule has 2 aromatic heterocycles. The van der Waals surface area contributed by atoms with Crippen molar-refractivity contribution in [3.63, 3.8) is 0 Å². The highest BCUT2D eigenvalue weighted by Gasteiger charge is 2.53. The SMILES string of the molecule is CO[C@@H]1[C@@H](OC(N)=O)[C@@H](O)[C@H](Oc2ccc3c(O)c(NC(=O)c4ccc(C)s4)c(=O)oc3c2C)OC1(C)C. The van der Waals surface area contributed by atoms with Crippen molar-refractivity contribution in [1.82, 2.24) is 0 Å². The molecule has 0 saturated carbocycles. The summed E-state index contributed by atoms with van der Waals surface area (Å²) in [6, 6.07) is 6.27. The summed E-state index contributed by atoms with van der Waals surface area (Å²) in [5.74, 6) is -0.880. The molecule has 1 saturated heterocycles. The normalized spacial score (nSPS) is 22.7. The van der Waals surface area contributed by atoms with E-state index < -0.39 is 59.3 Å². The summed E-state index contributed by atoms with van der Waals surface area (Å²) in [7, 11) is 1.38. The van der Waals surface area contributed by atoms with E-state index in [4.69, 9.17) is 29.1 Å². The van der Waals surface area contributed by atoms with Crippen LogP contribution in [-0.2, 0) is 14.2 Å². The van der Waals surface area contributed by atoms with Gasteiger partial charge in [-0.1, -0.05) is 0 Å². The van der Waals surface area contributed by atoms with E-state index in [2.05, 4.69) is 5.32 Å². The van der Waals surface area contributed by atoms with E-state index in [-0.39, 0.29) is 16.7 Å². The number of carbonyl (C=O) groups excluding carboxylic acids is 2. The Kier molecular flexibility index (Phi) is 7.39. The van der Waals surface area contributed by atoms with Crippen molar-refractivity contribution in [1.29, 1.82) is 0 Å². The van der Waals surface area contributed by atoms with Gasteiger partial charge in [-0.2, -0.15) is 0 Å². The van der Waals surface area contributed by atoms with Crippen molar-refractivity contribution in [2.24, 2.45) is 5.73 Å². The monoisotopic (exact) mass is 548 g/mol. The maximum Gasteiger partial charge on any atom is 0.404 e. The van der Waals surface area contributed by atoms with Gasteiger partial charge >= 0.3 is 11.7 Å². The lowest BCUT2D eigenvalue weighted by Gasteiger charge is -2.47. The van der Waals surface area contributed by atoms with Gasteiger partial charge in [0.1, 0.15) is 17.4 Å². The number of fused-ring (bicyclic) bond motifs is 1. The highest BCUT2D eigenvalue weighted by molar-refractivity contribution is 7.14. The molecule has 4 rings (SSSR count). The average Bonchev–Trinajstić information content (AvgIpc) is 3.27. The van der Waals surface area contributed by atoms with Gasteiger partial charge in [0, 0.05) is 17.6 Å². The zero-order valence-electron chi connectivity index (χ0n) is 21.3. The minimum Gasteiger partial charge on any atom is -0.505 e. The summed E-state index contributed by atoms with van der Waals surface area (Å²) in [4.78, 5) is 38.0. The third kappa shape index (κ3) is 5.05. The fourth-order valence-corrected chi connectivity index (χ4v) is 5.17. The number of hydrogen-bond acceptors (Lipinski definition) is 11. The number of rotatable bonds is 6. The number of aryl methyl sites for hydroxylation is 2. The van der Waals surface area contributed by atoms with Crippen molar-refractivity contribution in [2.45, 2.75) is 57.9 Å². The highest BCUT2D eigenvalue weighted by Crippen LogP contribution is 2.38. The van der Waals surface area contributed by atoms with Gasteiger partial charge in [-0.15, -0.1) is 11.3 Å². The molecule has 2 amide bonds. The third-order valence-corrected chi connectivity index (χ3v) is 7.22. The van der Waals surface area contributed by atoms with Crippen LogP contribution in [0.4, 0.5) is 10.5 Å². The second kappa shape index (κ2) is 10.3. The van der Waals surface area contributed by atoms with E-state index in [9.17, 15) is 24.6 Å². The van der Waals surface area contributed by atoms with Crippen molar-refractivity contribution in [3.8, 4) is 11.5 Å². The average molecular weight is 549 g/mol. The molecular formula is C25H28N2O10S. The van der Waals surface area contributed by atoms with Crippen molar-refractivity contribution >= 4 is 40.0 Å². The maximum absolute atomic E-state index is 12.7. The lowest BCUT2D eigenvalue weighted by Crippen LogP contribution is -2.65. The highest BCUT2D eigenvalue weighted by atomic mass is 32.1. The number of nitrogens with one attached hydrogen (secondary N) is 1. The van der Waals surface area contributed by atoms with Gasteiger partial charge in [0.05, 0.1) is 15.9 Å². The Morgan fingerprint density at radius 2 is 1.89 bits per heavy atom.